The van der Waals surface area contributed by atoms with Gasteiger partial charge in [0.1, 0.15) is 0 Å². The number of likely N-dealkylation sites (N-methyl/N-ethyl adjacent to an activating group) is 1. The summed E-state index contributed by atoms with van der Waals surface area (Å²) in [5.74, 6) is -0.0241. The summed E-state index contributed by atoms with van der Waals surface area (Å²) in [5.41, 5.74) is -0.113. The third-order valence-corrected chi connectivity index (χ3v) is 3.21. The Bertz CT molecular complexity index is 390. The molecule has 90 valence electrons. The Morgan fingerprint density at radius 2 is 2.06 bits per heavy atom. The minimum absolute atomic E-state index is 0.0241. The van der Waals surface area contributed by atoms with Gasteiger partial charge >= 0.3 is 0 Å². The van der Waals surface area contributed by atoms with Gasteiger partial charge in [-0.15, -0.1) is 11.3 Å². The highest BCUT2D eigenvalue weighted by molar-refractivity contribution is 7.12. The average Bonchev–Trinajstić information content (AvgIpc) is 2.41. The van der Waals surface area contributed by atoms with E-state index in [2.05, 4.69) is 0 Å². The van der Waals surface area contributed by atoms with Crippen LogP contribution in [-0.2, 0) is 0 Å². The minimum Gasteiger partial charge on any atom is -0.389 e. The van der Waals surface area contributed by atoms with E-state index in [0.29, 0.717) is 6.54 Å². The summed E-state index contributed by atoms with van der Waals surface area (Å²) in [6.07, 6.45) is 0. The maximum atomic E-state index is 12.1. The van der Waals surface area contributed by atoms with E-state index in [1.54, 1.807) is 37.1 Å². The first-order valence-electron chi connectivity index (χ1n) is 5.25. The molecule has 1 aromatic heterocycles. The van der Waals surface area contributed by atoms with Crippen molar-refractivity contribution in [3.63, 3.8) is 0 Å². The molecule has 0 aliphatic rings. The van der Waals surface area contributed by atoms with Crippen LogP contribution in [0, 0.1) is 13.8 Å². The van der Waals surface area contributed by atoms with Crippen LogP contribution in [0.2, 0.25) is 0 Å². The zero-order chi connectivity index (χ0) is 12.5. The van der Waals surface area contributed by atoms with E-state index >= 15 is 0 Å². The fourth-order valence-corrected chi connectivity index (χ4v) is 2.62. The van der Waals surface area contributed by atoms with Crippen LogP contribution in [0.15, 0.2) is 6.07 Å². The maximum Gasteiger partial charge on any atom is 0.254 e. The number of carbonyl (C=O) groups is 1. The van der Waals surface area contributed by atoms with Crippen LogP contribution in [0.4, 0.5) is 0 Å². The minimum atomic E-state index is -0.858. The molecule has 0 atom stereocenters. The van der Waals surface area contributed by atoms with E-state index in [1.807, 2.05) is 19.9 Å². The molecule has 0 aromatic carbocycles. The second kappa shape index (κ2) is 4.55. The summed E-state index contributed by atoms with van der Waals surface area (Å²) in [4.78, 5) is 15.8. The van der Waals surface area contributed by atoms with Gasteiger partial charge in [-0.25, -0.2) is 0 Å². The molecule has 0 bridgehead atoms. The highest BCUT2D eigenvalue weighted by atomic mass is 32.1. The molecule has 0 radical (unpaired) electrons. The van der Waals surface area contributed by atoms with Crippen molar-refractivity contribution in [3.8, 4) is 0 Å². The van der Waals surface area contributed by atoms with Crippen molar-refractivity contribution in [2.45, 2.75) is 33.3 Å². The number of aryl methyl sites for hydroxylation is 2. The number of hydrogen-bond acceptors (Lipinski definition) is 3. The summed E-state index contributed by atoms with van der Waals surface area (Å²) in [6.45, 7) is 7.67. The molecule has 1 rings (SSSR count). The molecule has 0 saturated heterocycles. The Hall–Kier alpha value is -0.870. The zero-order valence-electron chi connectivity index (χ0n) is 10.5. The number of hydrogen-bond donors (Lipinski definition) is 1. The quantitative estimate of drug-likeness (QED) is 0.881. The molecule has 0 saturated carbocycles. The summed E-state index contributed by atoms with van der Waals surface area (Å²) in [7, 11) is 1.72. The first-order chi connectivity index (χ1) is 7.20. The standard InChI is InChI=1S/C12H19NO2S/c1-8-6-10(9(2)16-8)11(14)13(5)7-12(3,4)15/h6,15H,7H2,1-5H3. The van der Waals surface area contributed by atoms with Crippen LogP contribution < -0.4 is 0 Å². The SMILES string of the molecule is Cc1cc(C(=O)N(C)CC(C)(C)O)c(C)s1. The van der Waals surface area contributed by atoms with Gasteiger partial charge in [0.2, 0.25) is 0 Å². The average molecular weight is 241 g/mol. The molecule has 4 heteroatoms. The van der Waals surface area contributed by atoms with E-state index in [9.17, 15) is 9.90 Å². The Balaban J connectivity index is 2.82. The number of rotatable bonds is 3. The third kappa shape index (κ3) is 3.32. The summed E-state index contributed by atoms with van der Waals surface area (Å²) < 4.78 is 0. The number of amides is 1. The van der Waals surface area contributed by atoms with Gasteiger partial charge in [0.25, 0.3) is 5.91 Å². The zero-order valence-corrected chi connectivity index (χ0v) is 11.3. The van der Waals surface area contributed by atoms with Gasteiger partial charge < -0.3 is 10.0 Å². The van der Waals surface area contributed by atoms with Gasteiger partial charge in [0.05, 0.1) is 11.2 Å². The van der Waals surface area contributed by atoms with E-state index in [1.165, 1.54) is 0 Å². The third-order valence-electron chi connectivity index (χ3n) is 2.24. The Kier molecular flexibility index (Phi) is 3.76. The van der Waals surface area contributed by atoms with Crippen molar-refractivity contribution >= 4 is 17.2 Å². The van der Waals surface area contributed by atoms with Gasteiger partial charge in [0, 0.05) is 23.3 Å². The van der Waals surface area contributed by atoms with Crippen LogP contribution in [-0.4, -0.2) is 35.1 Å². The lowest BCUT2D eigenvalue weighted by molar-refractivity contribution is 0.0368. The van der Waals surface area contributed by atoms with Crippen molar-refractivity contribution in [1.29, 1.82) is 0 Å². The summed E-state index contributed by atoms with van der Waals surface area (Å²) in [6, 6.07) is 1.91. The van der Waals surface area contributed by atoms with Crippen molar-refractivity contribution in [2.24, 2.45) is 0 Å². The van der Waals surface area contributed by atoms with Crippen LogP contribution >= 0.6 is 11.3 Å². The molecule has 0 aliphatic heterocycles. The highest BCUT2D eigenvalue weighted by Crippen LogP contribution is 2.22. The van der Waals surface area contributed by atoms with E-state index < -0.39 is 5.60 Å². The monoisotopic (exact) mass is 241 g/mol. The Labute approximate surface area is 101 Å². The molecule has 0 spiro atoms. The predicted molar refractivity (Wildman–Crippen MR) is 67.1 cm³/mol. The highest BCUT2D eigenvalue weighted by Gasteiger charge is 2.22. The second-order valence-electron chi connectivity index (χ2n) is 4.80. The van der Waals surface area contributed by atoms with Gasteiger partial charge in [-0.3, -0.25) is 4.79 Å². The first-order valence-corrected chi connectivity index (χ1v) is 6.07. The van der Waals surface area contributed by atoms with Gasteiger partial charge in [-0.2, -0.15) is 0 Å². The van der Waals surface area contributed by atoms with Gasteiger partial charge in [0.15, 0.2) is 0 Å². The van der Waals surface area contributed by atoms with Crippen molar-refractivity contribution in [3.05, 3.63) is 21.4 Å². The van der Waals surface area contributed by atoms with Crippen LogP contribution in [0.3, 0.4) is 0 Å². The van der Waals surface area contributed by atoms with Crippen molar-refractivity contribution < 1.29 is 9.90 Å². The Morgan fingerprint density at radius 3 is 2.44 bits per heavy atom. The Morgan fingerprint density at radius 1 is 1.50 bits per heavy atom. The van der Waals surface area contributed by atoms with E-state index in [-0.39, 0.29) is 5.91 Å². The predicted octanol–water partition coefficient (Wildman–Crippen LogP) is 2.21. The maximum absolute atomic E-state index is 12.1. The van der Waals surface area contributed by atoms with Crippen molar-refractivity contribution in [1.82, 2.24) is 4.90 Å². The number of thiophene rings is 1. The molecular weight excluding hydrogens is 222 g/mol. The van der Waals surface area contributed by atoms with Gasteiger partial charge in [-0.05, 0) is 33.8 Å². The first kappa shape index (κ1) is 13.2. The molecule has 0 fully saturated rings. The molecule has 3 nitrogen and oxygen atoms in total. The second-order valence-corrected chi connectivity index (χ2v) is 6.26. The molecule has 1 heterocycles. The van der Waals surface area contributed by atoms with Crippen LogP contribution in [0.1, 0.15) is 34.0 Å². The fourth-order valence-electron chi connectivity index (χ4n) is 1.70. The van der Waals surface area contributed by atoms with Crippen LogP contribution in [0.5, 0.6) is 0 Å². The topological polar surface area (TPSA) is 40.5 Å². The molecule has 1 N–H and O–H groups in total. The lowest BCUT2D eigenvalue weighted by atomic mass is 10.1. The number of nitrogens with zero attached hydrogens (tertiary/aromatic N) is 1. The molecule has 16 heavy (non-hydrogen) atoms. The van der Waals surface area contributed by atoms with Crippen molar-refractivity contribution in [2.75, 3.05) is 13.6 Å². The number of carbonyl (C=O) groups excluding carboxylic acids is 1. The lowest BCUT2D eigenvalue weighted by Crippen LogP contribution is -2.39. The van der Waals surface area contributed by atoms with Crippen LogP contribution in [0.25, 0.3) is 0 Å². The van der Waals surface area contributed by atoms with E-state index in [4.69, 9.17) is 0 Å². The fraction of sp³-hybridized carbons (Fsp3) is 0.583. The normalized spacial score (nSPS) is 11.6. The lowest BCUT2D eigenvalue weighted by Gasteiger charge is -2.25. The number of aliphatic hydroxyl groups is 1. The summed E-state index contributed by atoms with van der Waals surface area (Å²) in [5, 5.41) is 9.67. The molecule has 1 aromatic rings. The molecule has 0 aliphatic carbocycles. The summed E-state index contributed by atoms with van der Waals surface area (Å²) >= 11 is 1.62. The molecular formula is C12H19NO2S. The molecule has 0 unspecified atom stereocenters. The van der Waals surface area contributed by atoms with E-state index in [0.717, 1.165) is 15.3 Å². The smallest absolute Gasteiger partial charge is 0.254 e. The van der Waals surface area contributed by atoms with Gasteiger partial charge in [-0.1, -0.05) is 0 Å². The molecule has 1 amide bonds. The largest absolute Gasteiger partial charge is 0.389 e.